The molecule has 3 heterocycles. The van der Waals surface area contributed by atoms with Gasteiger partial charge >= 0.3 is 18.2 Å². The van der Waals surface area contributed by atoms with E-state index < -0.39 is 24.4 Å². The number of carboxylic acid groups (broad SMARTS) is 1. The monoisotopic (exact) mass is 645 g/mol. The summed E-state index contributed by atoms with van der Waals surface area (Å²) in [6.45, 7) is 1.87. The molecule has 2 amide bonds. The van der Waals surface area contributed by atoms with Gasteiger partial charge in [-0.1, -0.05) is 18.2 Å². The zero-order valence-corrected chi connectivity index (χ0v) is 24.7. The minimum absolute atomic E-state index is 0.0195. The van der Waals surface area contributed by atoms with Crippen molar-refractivity contribution in [1.82, 2.24) is 9.80 Å². The van der Waals surface area contributed by atoms with Crippen molar-refractivity contribution in [2.45, 2.75) is 55.2 Å². The number of nitrogens with one attached hydrogen (secondary N) is 1. The number of anilines is 1. The number of ether oxygens (including phenoxy) is 3. The van der Waals surface area contributed by atoms with Gasteiger partial charge in [0.05, 0.1) is 24.4 Å². The highest BCUT2D eigenvalue weighted by atomic mass is 35.5. The molecular formula is C29H35ClF3N3O8. The van der Waals surface area contributed by atoms with E-state index in [1.165, 1.54) is 5.56 Å². The molecule has 242 valence electrons. The van der Waals surface area contributed by atoms with Gasteiger partial charge in [0.1, 0.15) is 35.6 Å². The Balaban J connectivity index is 0.000000566. The summed E-state index contributed by atoms with van der Waals surface area (Å²) in [5, 5.41) is 30.5. The Labute approximate surface area is 257 Å². The van der Waals surface area contributed by atoms with Crippen molar-refractivity contribution < 1.29 is 52.3 Å². The van der Waals surface area contributed by atoms with Gasteiger partial charge in [-0.15, -0.1) is 11.6 Å². The first-order valence-electron chi connectivity index (χ1n) is 14.0. The number of likely N-dealkylation sites (tertiary alicyclic amines) is 2. The van der Waals surface area contributed by atoms with Crippen LogP contribution in [0.4, 0.5) is 23.7 Å². The van der Waals surface area contributed by atoms with Gasteiger partial charge in [0.25, 0.3) is 0 Å². The van der Waals surface area contributed by atoms with Gasteiger partial charge in [0.2, 0.25) is 0 Å². The fourth-order valence-electron chi connectivity index (χ4n) is 5.33. The van der Waals surface area contributed by atoms with Crippen LogP contribution >= 0.6 is 11.6 Å². The van der Waals surface area contributed by atoms with Crippen molar-refractivity contribution in [3.8, 4) is 17.2 Å². The van der Waals surface area contributed by atoms with Crippen molar-refractivity contribution in [2.24, 2.45) is 0 Å². The Hall–Kier alpha value is -3.46. The van der Waals surface area contributed by atoms with Gasteiger partial charge in [0, 0.05) is 51.5 Å². The molecule has 44 heavy (non-hydrogen) atoms. The normalized spacial score (nSPS) is 23.7. The number of halogens is 4. The van der Waals surface area contributed by atoms with Crippen molar-refractivity contribution in [1.29, 1.82) is 0 Å². The molecule has 3 aliphatic heterocycles. The number of para-hydroxylation sites is 1. The second-order valence-electron chi connectivity index (χ2n) is 10.9. The van der Waals surface area contributed by atoms with E-state index in [9.17, 15) is 28.2 Å². The third kappa shape index (κ3) is 8.58. The number of aliphatic hydroxyl groups is 2. The summed E-state index contributed by atoms with van der Waals surface area (Å²) in [5.41, 5.74) is 1.13. The van der Waals surface area contributed by atoms with Gasteiger partial charge in [-0.3, -0.25) is 4.90 Å². The number of carbonyl (C=O) groups is 2. The third-order valence-corrected chi connectivity index (χ3v) is 8.03. The van der Waals surface area contributed by atoms with Crippen LogP contribution in [0.2, 0.25) is 0 Å². The molecule has 5 rings (SSSR count). The number of nitrogens with zero attached hydrogens (tertiary/aromatic N) is 2. The summed E-state index contributed by atoms with van der Waals surface area (Å²) < 4.78 is 49.3. The number of carboxylic acids is 1. The predicted molar refractivity (Wildman–Crippen MR) is 153 cm³/mol. The molecule has 15 heteroatoms. The lowest BCUT2D eigenvalue weighted by Gasteiger charge is -2.42. The summed E-state index contributed by atoms with van der Waals surface area (Å²) in [6.07, 6.45) is -3.46. The standard InChI is InChI=1S/C27H34ClN3O6.C2HF3O2/c1-35-21-6-7-22(29-26(34)31-10-8-19(32)15-31)24(12-21)36-17-20(33)16-30-11-9-27(14-25(30)28)13-18-4-2-3-5-23(18)37-27;3-2(4,5)1(6)7/h2-7,12,19-20,25,32-33H,8-11,13-17H2,1H3,(H,29,34);(H,6,7)/t19-,20-,25?,27+;/m0./s1. The van der Waals surface area contributed by atoms with Crippen LogP contribution in [-0.2, 0) is 11.2 Å². The van der Waals surface area contributed by atoms with E-state index >= 15 is 0 Å². The molecule has 2 fully saturated rings. The first kappa shape index (κ1) is 33.4. The molecule has 0 radical (unpaired) electrons. The SMILES string of the molecule is COc1ccc(NC(=O)N2CC[C@H](O)C2)c(OC[C@@H](O)CN2CC[C@@]3(Cc4ccccc4O3)CC2Cl)c1.O=C(O)C(F)(F)F. The van der Waals surface area contributed by atoms with Crippen molar-refractivity contribution in [2.75, 3.05) is 45.2 Å². The summed E-state index contributed by atoms with van der Waals surface area (Å²) in [6, 6.07) is 12.9. The Morgan fingerprint density at radius 3 is 2.57 bits per heavy atom. The van der Waals surface area contributed by atoms with Gasteiger partial charge in [0.15, 0.2) is 0 Å². The summed E-state index contributed by atoms with van der Waals surface area (Å²) in [5.74, 6) is -0.856. The number of aliphatic hydroxyl groups excluding tert-OH is 2. The number of piperidine rings is 1. The number of β-amino-alcohol motifs (C(OH)–C–C–N with tert-alkyl or cyclic N) is 2. The molecule has 2 saturated heterocycles. The van der Waals surface area contributed by atoms with E-state index in [-0.39, 0.29) is 23.7 Å². The molecule has 0 saturated carbocycles. The molecule has 1 spiro atoms. The van der Waals surface area contributed by atoms with Crippen LogP contribution in [-0.4, -0.2) is 107 Å². The maximum atomic E-state index is 12.6. The van der Waals surface area contributed by atoms with Crippen LogP contribution in [0.1, 0.15) is 24.8 Å². The lowest BCUT2D eigenvalue weighted by Crippen LogP contribution is -2.52. The van der Waals surface area contributed by atoms with E-state index in [1.807, 2.05) is 18.2 Å². The minimum Gasteiger partial charge on any atom is -0.497 e. The molecule has 0 bridgehead atoms. The largest absolute Gasteiger partial charge is 0.497 e. The molecule has 4 atom stereocenters. The second-order valence-corrected chi connectivity index (χ2v) is 11.4. The van der Waals surface area contributed by atoms with Crippen LogP contribution in [0.25, 0.3) is 0 Å². The number of rotatable bonds is 7. The Kier molecular flexibility index (Phi) is 10.7. The van der Waals surface area contributed by atoms with Gasteiger partial charge < -0.3 is 39.7 Å². The zero-order chi connectivity index (χ0) is 32.1. The van der Waals surface area contributed by atoms with Crippen LogP contribution in [0.15, 0.2) is 42.5 Å². The number of amides is 2. The Morgan fingerprint density at radius 2 is 1.95 bits per heavy atom. The third-order valence-electron chi connectivity index (χ3n) is 7.60. The minimum atomic E-state index is -5.08. The van der Waals surface area contributed by atoms with Gasteiger partial charge in [-0.25, -0.2) is 9.59 Å². The number of alkyl halides is 4. The quantitative estimate of drug-likeness (QED) is 0.262. The summed E-state index contributed by atoms with van der Waals surface area (Å²) in [7, 11) is 1.55. The van der Waals surface area contributed by atoms with Crippen molar-refractivity contribution in [3.63, 3.8) is 0 Å². The molecule has 0 aliphatic carbocycles. The first-order chi connectivity index (χ1) is 20.8. The zero-order valence-electron chi connectivity index (χ0n) is 23.9. The van der Waals surface area contributed by atoms with E-state index in [4.69, 9.17) is 35.7 Å². The smallest absolute Gasteiger partial charge is 0.490 e. The highest BCUT2D eigenvalue weighted by molar-refractivity contribution is 6.20. The van der Waals surface area contributed by atoms with Gasteiger partial charge in [-0.05, 0) is 30.2 Å². The maximum Gasteiger partial charge on any atom is 0.490 e. The molecule has 11 nitrogen and oxygen atoms in total. The average molecular weight is 646 g/mol. The van der Waals surface area contributed by atoms with Crippen molar-refractivity contribution in [3.05, 3.63) is 48.0 Å². The summed E-state index contributed by atoms with van der Waals surface area (Å²) in [4.78, 5) is 25.1. The van der Waals surface area contributed by atoms with Crippen LogP contribution < -0.4 is 19.5 Å². The molecule has 2 aromatic carbocycles. The molecule has 4 N–H and O–H groups in total. The van der Waals surface area contributed by atoms with E-state index in [0.29, 0.717) is 56.2 Å². The number of fused-ring (bicyclic) bond motifs is 1. The molecule has 2 aromatic rings. The van der Waals surface area contributed by atoms with Crippen molar-refractivity contribution >= 4 is 29.3 Å². The number of carbonyl (C=O) groups excluding carboxylic acids is 1. The highest BCUT2D eigenvalue weighted by Crippen LogP contribution is 2.43. The first-order valence-corrected chi connectivity index (χ1v) is 14.4. The number of urea groups is 1. The van der Waals surface area contributed by atoms with Crippen LogP contribution in [0.5, 0.6) is 17.2 Å². The molecule has 0 aromatic heterocycles. The fraction of sp³-hybridized carbons (Fsp3) is 0.517. The second kappa shape index (κ2) is 14.1. The topological polar surface area (TPSA) is 141 Å². The van der Waals surface area contributed by atoms with E-state index in [0.717, 1.165) is 18.6 Å². The number of methoxy groups -OCH3 is 1. The van der Waals surface area contributed by atoms with E-state index in [2.05, 4.69) is 16.3 Å². The van der Waals surface area contributed by atoms with E-state index in [1.54, 1.807) is 30.2 Å². The Morgan fingerprint density at radius 1 is 1.23 bits per heavy atom. The summed E-state index contributed by atoms with van der Waals surface area (Å²) >= 11 is 6.76. The molecular weight excluding hydrogens is 611 g/mol. The number of aliphatic carboxylic acids is 1. The fourth-order valence-corrected chi connectivity index (χ4v) is 5.79. The molecule has 3 aliphatic rings. The Bertz CT molecular complexity index is 1290. The average Bonchev–Trinajstić information content (AvgIpc) is 3.57. The van der Waals surface area contributed by atoms with Gasteiger partial charge in [-0.2, -0.15) is 13.2 Å². The molecule has 1 unspecified atom stereocenters. The predicted octanol–water partition coefficient (Wildman–Crippen LogP) is 3.70. The lowest BCUT2D eigenvalue weighted by molar-refractivity contribution is -0.192. The number of benzene rings is 2. The highest BCUT2D eigenvalue weighted by Gasteiger charge is 2.45. The lowest BCUT2D eigenvalue weighted by atomic mass is 9.87. The number of hydrogen-bond donors (Lipinski definition) is 4. The maximum absolute atomic E-state index is 12.6. The van der Waals surface area contributed by atoms with Crippen LogP contribution in [0, 0.1) is 0 Å². The number of hydrogen-bond acceptors (Lipinski definition) is 8. The van der Waals surface area contributed by atoms with Crippen LogP contribution in [0.3, 0.4) is 0 Å².